The van der Waals surface area contributed by atoms with E-state index < -0.39 is 11.9 Å². The molecule has 0 bridgehead atoms. The number of benzene rings is 1. The number of allylic oxidation sites excluding steroid dienone is 2. The fraction of sp³-hybridized carbons (Fsp3) is 0.455. The summed E-state index contributed by atoms with van der Waals surface area (Å²) in [5, 5.41) is 2.74. The summed E-state index contributed by atoms with van der Waals surface area (Å²) in [6, 6.07) is 5.73. The lowest BCUT2D eigenvalue weighted by atomic mass is 9.85. The molecular weight excluding hydrogens is 370 g/mol. The van der Waals surface area contributed by atoms with Gasteiger partial charge in [0.15, 0.2) is 0 Å². The van der Waals surface area contributed by atoms with E-state index in [0.717, 1.165) is 4.90 Å². The molecule has 7 nitrogen and oxygen atoms in total. The van der Waals surface area contributed by atoms with Crippen molar-refractivity contribution < 1.29 is 19.2 Å². The number of nitrogens with one attached hydrogen (secondary N) is 1. The van der Waals surface area contributed by atoms with Gasteiger partial charge in [-0.05, 0) is 57.9 Å². The number of rotatable bonds is 6. The van der Waals surface area contributed by atoms with Crippen LogP contribution in [0.5, 0.6) is 0 Å². The Kier molecular flexibility index (Phi) is 6.15. The summed E-state index contributed by atoms with van der Waals surface area (Å²) in [7, 11) is 0. The fourth-order valence-corrected chi connectivity index (χ4v) is 3.96. The molecule has 0 radical (unpaired) electrons. The minimum Gasteiger partial charge on any atom is -0.339 e. The van der Waals surface area contributed by atoms with Crippen LogP contribution in [0.3, 0.4) is 0 Å². The molecule has 29 heavy (non-hydrogen) atoms. The number of carbonyl (C=O) groups excluding carboxylic acids is 4. The molecule has 0 saturated carbocycles. The van der Waals surface area contributed by atoms with Crippen LogP contribution in [0.15, 0.2) is 36.4 Å². The number of hydrogen-bond acceptors (Lipinski definition) is 4. The first-order valence-corrected chi connectivity index (χ1v) is 10.1. The summed E-state index contributed by atoms with van der Waals surface area (Å²) in [6.45, 7) is 6.66. The van der Waals surface area contributed by atoms with Crippen molar-refractivity contribution in [3.63, 3.8) is 0 Å². The molecule has 1 aromatic carbocycles. The van der Waals surface area contributed by atoms with Gasteiger partial charge in [-0.1, -0.05) is 12.2 Å². The van der Waals surface area contributed by atoms with Gasteiger partial charge in [-0.2, -0.15) is 0 Å². The summed E-state index contributed by atoms with van der Waals surface area (Å²) in [6.07, 6.45) is 4.92. The first-order chi connectivity index (χ1) is 13.9. The third kappa shape index (κ3) is 3.95. The van der Waals surface area contributed by atoms with E-state index >= 15 is 0 Å². The average Bonchev–Trinajstić information content (AvgIpc) is 2.99. The van der Waals surface area contributed by atoms with E-state index in [1.807, 2.05) is 26.0 Å². The molecule has 1 N–H and O–H groups in total. The number of likely N-dealkylation sites (tertiary alicyclic amines) is 1. The second-order valence-electron chi connectivity index (χ2n) is 7.42. The van der Waals surface area contributed by atoms with Gasteiger partial charge in [-0.3, -0.25) is 24.1 Å². The normalized spacial score (nSPS) is 21.7. The minimum absolute atomic E-state index is 0.0641. The Hall–Kier alpha value is -2.96. The zero-order chi connectivity index (χ0) is 21.1. The lowest BCUT2D eigenvalue weighted by molar-refractivity contribution is -0.146. The van der Waals surface area contributed by atoms with Crippen LogP contribution in [0.4, 0.5) is 5.69 Å². The molecule has 4 amide bonds. The number of anilines is 1. The highest BCUT2D eigenvalue weighted by Crippen LogP contribution is 2.36. The smallest absolute Gasteiger partial charge is 0.253 e. The van der Waals surface area contributed by atoms with E-state index in [2.05, 4.69) is 5.32 Å². The average molecular weight is 397 g/mol. The molecular formula is C22H27N3O4. The van der Waals surface area contributed by atoms with Crippen LogP contribution in [0.1, 0.15) is 44.0 Å². The quantitative estimate of drug-likeness (QED) is 0.590. The second kappa shape index (κ2) is 8.59. The van der Waals surface area contributed by atoms with Gasteiger partial charge in [0, 0.05) is 24.3 Å². The van der Waals surface area contributed by atoms with Gasteiger partial charge in [0.1, 0.15) is 6.04 Å². The maximum absolute atomic E-state index is 12.7. The molecule has 1 aliphatic carbocycles. The Morgan fingerprint density at radius 2 is 1.55 bits per heavy atom. The zero-order valence-electron chi connectivity index (χ0n) is 17.1. The van der Waals surface area contributed by atoms with Crippen molar-refractivity contribution in [2.24, 2.45) is 11.8 Å². The van der Waals surface area contributed by atoms with Gasteiger partial charge >= 0.3 is 0 Å². The number of carbonyl (C=O) groups is 4. The van der Waals surface area contributed by atoms with E-state index in [0.29, 0.717) is 37.2 Å². The lowest BCUT2D eigenvalue weighted by Crippen LogP contribution is -2.46. The summed E-state index contributed by atoms with van der Waals surface area (Å²) < 4.78 is 0. The second-order valence-corrected chi connectivity index (χ2v) is 7.42. The van der Waals surface area contributed by atoms with Gasteiger partial charge in [0.05, 0.1) is 11.8 Å². The molecule has 3 rings (SSSR count). The zero-order valence-corrected chi connectivity index (χ0v) is 17.1. The third-order valence-corrected chi connectivity index (χ3v) is 5.76. The van der Waals surface area contributed by atoms with E-state index in [9.17, 15) is 19.2 Å². The number of imide groups is 1. The van der Waals surface area contributed by atoms with Gasteiger partial charge in [0.25, 0.3) is 5.91 Å². The largest absolute Gasteiger partial charge is 0.339 e. The molecule has 154 valence electrons. The molecule has 1 aliphatic heterocycles. The molecule has 1 fully saturated rings. The molecule has 1 saturated heterocycles. The first kappa shape index (κ1) is 20.8. The Balaban J connectivity index is 1.66. The van der Waals surface area contributed by atoms with Gasteiger partial charge < -0.3 is 10.2 Å². The summed E-state index contributed by atoms with van der Waals surface area (Å²) in [5.74, 6) is -1.74. The number of hydrogen-bond donors (Lipinski definition) is 1. The van der Waals surface area contributed by atoms with Crippen molar-refractivity contribution in [1.82, 2.24) is 9.80 Å². The Bertz CT molecular complexity index is 816. The Morgan fingerprint density at radius 1 is 1.03 bits per heavy atom. The van der Waals surface area contributed by atoms with Gasteiger partial charge in [0.2, 0.25) is 17.7 Å². The number of fused-ring (bicyclic) bond motifs is 1. The highest BCUT2D eigenvalue weighted by molar-refractivity contribution is 6.10. The third-order valence-electron chi connectivity index (χ3n) is 5.76. The molecule has 0 unspecified atom stereocenters. The topological polar surface area (TPSA) is 86.8 Å². The fourth-order valence-electron chi connectivity index (χ4n) is 3.96. The summed E-state index contributed by atoms with van der Waals surface area (Å²) >= 11 is 0. The van der Waals surface area contributed by atoms with E-state index in [-0.39, 0.29) is 29.6 Å². The van der Waals surface area contributed by atoms with Crippen LogP contribution >= 0.6 is 0 Å². The first-order valence-electron chi connectivity index (χ1n) is 10.1. The SMILES string of the molecule is CCN(CC)C(=O)c1ccc(NC(=O)[C@H](C)N2C(=O)[C@H]3CC=CC[C@@H]3C2=O)cc1. The van der Waals surface area contributed by atoms with E-state index in [1.54, 1.807) is 36.1 Å². The standard InChI is InChI=1S/C22H27N3O4/c1-4-24(5-2)20(27)15-10-12-16(13-11-15)23-19(26)14(3)25-21(28)17-8-6-7-9-18(17)22(25)29/h6-7,10-14,17-18H,4-5,8-9H2,1-3H3,(H,23,26)/t14-,17-,18-/m0/s1. The monoisotopic (exact) mass is 397 g/mol. The van der Waals surface area contributed by atoms with E-state index in [1.165, 1.54) is 0 Å². The Morgan fingerprint density at radius 3 is 2.03 bits per heavy atom. The maximum atomic E-state index is 12.7. The van der Waals surface area contributed by atoms with Crippen LogP contribution in [0.2, 0.25) is 0 Å². The molecule has 7 heteroatoms. The van der Waals surface area contributed by atoms with Crippen molar-refractivity contribution in [2.75, 3.05) is 18.4 Å². The van der Waals surface area contributed by atoms with Crippen molar-refractivity contribution in [3.05, 3.63) is 42.0 Å². The maximum Gasteiger partial charge on any atom is 0.253 e. The van der Waals surface area contributed by atoms with Crippen LogP contribution < -0.4 is 5.32 Å². The van der Waals surface area contributed by atoms with Crippen LogP contribution in [0.25, 0.3) is 0 Å². The predicted octanol–water partition coefficient (Wildman–Crippen LogP) is 2.45. The van der Waals surface area contributed by atoms with Crippen LogP contribution in [-0.2, 0) is 14.4 Å². The Labute approximate surface area is 170 Å². The van der Waals surface area contributed by atoms with Crippen molar-refractivity contribution in [1.29, 1.82) is 0 Å². The molecule has 1 aromatic rings. The minimum atomic E-state index is -0.891. The molecule has 3 atom stereocenters. The molecule has 2 aliphatic rings. The highest BCUT2D eigenvalue weighted by atomic mass is 16.2. The molecule has 1 heterocycles. The highest BCUT2D eigenvalue weighted by Gasteiger charge is 2.50. The number of amides is 4. The van der Waals surface area contributed by atoms with Crippen molar-refractivity contribution >= 4 is 29.3 Å². The van der Waals surface area contributed by atoms with Gasteiger partial charge in [-0.15, -0.1) is 0 Å². The summed E-state index contributed by atoms with van der Waals surface area (Å²) in [4.78, 5) is 53.1. The number of nitrogens with zero attached hydrogens (tertiary/aromatic N) is 2. The van der Waals surface area contributed by atoms with Gasteiger partial charge in [-0.25, -0.2) is 0 Å². The lowest BCUT2D eigenvalue weighted by Gasteiger charge is -2.22. The van der Waals surface area contributed by atoms with Crippen molar-refractivity contribution in [2.45, 2.75) is 39.7 Å². The molecule has 0 spiro atoms. The van der Waals surface area contributed by atoms with Crippen LogP contribution in [0, 0.1) is 11.8 Å². The molecule has 0 aromatic heterocycles. The summed E-state index contributed by atoms with van der Waals surface area (Å²) in [5.41, 5.74) is 1.05. The van der Waals surface area contributed by atoms with Crippen LogP contribution in [-0.4, -0.2) is 52.6 Å². The van der Waals surface area contributed by atoms with Crippen molar-refractivity contribution in [3.8, 4) is 0 Å². The predicted molar refractivity (Wildman–Crippen MR) is 109 cm³/mol. The van der Waals surface area contributed by atoms with E-state index in [4.69, 9.17) is 0 Å².